The Kier molecular flexibility index (Phi) is 6.53. The van der Waals surface area contributed by atoms with Crippen molar-refractivity contribution in [3.63, 3.8) is 0 Å². The third-order valence-electron chi connectivity index (χ3n) is 5.17. The van der Waals surface area contributed by atoms with Crippen LogP contribution in [0.2, 0.25) is 0 Å². The van der Waals surface area contributed by atoms with Gasteiger partial charge >= 0.3 is 0 Å². The largest absolute Gasteiger partial charge is 0.348 e. The van der Waals surface area contributed by atoms with Gasteiger partial charge in [-0.15, -0.1) is 0 Å². The molecule has 1 N–H and O–H groups in total. The van der Waals surface area contributed by atoms with Crippen molar-refractivity contribution in [3.05, 3.63) is 65.7 Å². The van der Waals surface area contributed by atoms with E-state index in [0.29, 0.717) is 0 Å². The maximum absolute atomic E-state index is 13.1. The van der Waals surface area contributed by atoms with Crippen molar-refractivity contribution < 1.29 is 9.18 Å². The van der Waals surface area contributed by atoms with Crippen LogP contribution in [0.25, 0.3) is 0 Å². The lowest BCUT2D eigenvalue weighted by Crippen LogP contribution is -2.53. The number of hydrogen-bond donors (Lipinski definition) is 1. The zero-order chi connectivity index (χ0) is 19.2. The number of carbonyl (C=O) groups excluding carboxylic acids is 1. The number of amides is 1. The van der Waals surface area contributed by atoms with E-state index in [4.69, 9.17) is 0 Å². The Balaban J connectivity index is 1.47. The molecule has 6 heteroatoms. The third kappa shape index (κ3) is 5.34. The zero-order valence-corrected chi connectivity index (χ0v) is 15.9. The molecule has 144 valence electrons. The van der Waals surface area contributed by atoms with E-state index in [1.807, 2.05) is 38.2 Å². The SMILES string of the molecule is CC(NC(=O)C(C)N1CCN(Cc2ccccn2)CC1)c1ccc(F)cc1. The molecule has 27 heavy (non-hydrogen) atoms. The number of nitrogens with zero attached hydrogens (tertiary/aromatic N) is 3. The molecule has 3 rings (SSSR count). The van der Waals surface area contributed by atoms with Crippen LogP contribution in [0.3, 0.4) is 0 Å². The molecule has 1 aliphatic heterocycles. The predicted octanol–water partition coefficient (Wildman–Crippen LogP) is 2.60. The van der Waals surface area contributed by atoms with Crippen molar-refractivity contribution in [2.45, 2.75) is 32.5 Å². The van der Waals surface area contributed by atoms with Gasteiger partial charge in [-0.3, -0.25) is 19.6 Å². The smallest absolute Gasteiger partial charge is 0.237 e. The molecule has 2 aromatic rings. The summed E-state index contributed by atoms with van der Waals surface area (Å²) in [6.45, 7) is 8.25. The van der Waals surface area contributed by atoms with E-state index in [1.54, 1.807) is 12.1 Å². The number of benzene rings is 1. The second-order valence-electron chi connectivity index (χ2n) is 7.09. The first-order chi connectivity index (χ1) is 13.0. The summed E-state index contributed by atoms with van der Waals surface area (Å²) in [5, 5.41) is 3.04. The predicted molar refractivity (Wildman–Crippen MR) is 104 cm³/mol. The highest BCUT2D eigenvalue weighted by Gasteiger charge is 2.26. The summed E-state index contributed by atoms with van der Waals surface area (Å²) < 4.78 is 13.1. The van der Waals surface area contributed by atoms with Crippen LogP contribution in [0.15, 0.2) is 48.7 Å². The maximum Gasteiger partial charge on any atom is 0.237 e. The Labute approximate surface area is 160 Å². The Morgan fingerprint density at radius 1 is 1.11 bits per heavy atom. The Morgan fingerprint density at radius 2 is 1.81 bits per heavy atom. The van der Waals surface area contributed by atoms with Gasteiger partial charge in [0.2, 0.25) is 5.91 Å². The van der Waals surface area contributed by atoms with E-state index in [0.717, 1.165) is 44.0 Å². The van der Waals surface area contributed by atoms with Crippen LogP contribution in [-0.4, -0.2) is 52.9 Å². The van der Waals surface area contributed by atoms with Crippen LogP contribution in [0, 0.1) is 5.82 Å². The molecule has 0 aliphatic carbocycles. The fourth-order valence-corrected chi connectivity index (χ4v) is 3.36. The minimum absolute atomic E-state index is 0.00463. The molecule has 1 aromatic heterocycles. The van der Waals surface area contributed by atoms with E-state index in [1.165, 1.54) is 12.1 Å². The van der Waals surface area contributed by atoms with Crippen molar-refractivity contribution in [1.82, 2.24) is 20.1 Å². The lowest BCUT2D eigenvalue weighted by atomic mass is 10.1. The normalized spacial score (nSPS) is 18.0. The number of piperazine rings is 1. The number of pyridine rings is 1. The van der Waals surface area contributed by atoms with E-state index >= 15 is 0 Å². The van der Waals surface area contributed by atoms with Gasteiger partial charge in [0.25, 0.3) is 0 Å². The van der Waals surface area contributed by atoms with Gasteiger partial charge in [0.15, 0.2) is 0 Å². The average molecular weight is 370 g/mol. The molecular weight excluding hydrogens is 343 g/mol. The third-order valence-corrected chi connectivity index (χ3v) is 5.17. The van der Waals surface area contributed by atoms with Crippen LogP contribution < -0.4 is 5.32 Å². The van der Waals surface area contributed by atoms with E-state index in [9.17, 15) is 9.18 Å². The second kappa shape index (κ2) is 9.06. The lowest BCUT2D eigenvalue weighted by Gasteiger charge is -2.37. The minimum Gasteiger partial charge on any atom is -0.348 e. The highest BCUT2D eigenvalue weighted by atomic mass is 19.1. The number of hydrogen-bond acceptors (Lipinski definition) is 4. The summed E-state index contributed by atoms with van der Waals surface area (Å²) >= 11 is 0. The van der Waals surface area contributed by atoms with E-state index in [-0.39, 0.29) is 23.8 Å². The molecule has 1 aliphatic rings. The van der Waals surface area contributed by atoms with Gasteiger partial charge in [-0.25, -0.2) is 4.39 Å². The highest BCUT2D eigenvalue weighted by Crippen LogP contribution is 2.15. The molecule has 0 radical (unpaired) electrons. The monoisotopic (exact) mass is 370 g/mol. The molecule has 2 heterocycles. The summed E-state index contributed by atoms with van der Waals surface area (Å²) in [6.07, 6.45) is 1.82. The van der Waals surface area contributed by atoms with Gasteiger partial charge in [-0.2, -0.15) is 0 Å². The second-order valence-corrected chi connectivity index (χ2v) is 7.09. The average Bonchev–Trinajstić information content (AvgIpc) is 2.69. The Bertz CT molecular complexity index is 730. The number of rotatable bonds is 6. The number of carbonyl (C=O) groups is 1. The van der Waals surface area contributed by atoms with Crippen molar-refractivity contribution in [3.8, 4) is 0 Å². The fraction of sp³-hybridized carbons (Fsp3) is 0.429. The Morgan fingerprint density at radius 3 is 2.44 bits per heavy atom. The zero-order valence-electron chi connectivity index (χ0n) is 15.9. The molecule has 1 amide bonds. The van der Waals surface area contributed by atoms with Crippen LogP contribution in [-0.2, 0) is 11.3 Å². The van der Waals surface area contributed by atoms with Gasteiger partial charge in [0.05, 0.1) is 17.8 Å². The first kappa shape index (κ1) is 19.5. The summed E-state index contributed by atoms with van der Waals surface area (Å²) in [6, 6.07) is 11.9. The van der Waals surface area contributed by atoms with Gasteiger partial charge < -0.3 is 5.32 Å². The van der Waals surface area contributed by atoms with Crippen molar-refractivity contribution in [2.75, 3.05) is 26.2 Å². The molecule has 2 atom stereocenters. The van der Waals surface area contributed by atoms with Crippen molar-refractivity contribution in [1.29, 1.82) is 0 Å². The highest BCUT2D eigenvalue weighted by molar-refractivity contribution is 5.81. The first-order valence-corrected chi connectivity index (χ1v) is 9.45. The minimum atomic E-state index is -0.269. The van der Waals surface area contributed by atoms with Gasteiger partial charge in [-0.1, -0.05) is 18.2 Å². The van der Waals surface area contributed by atoms with Gasteiger partial charge in [0, 0.05) is 38.9 Å². The van der Waals surface area contributed by atoms with E-state index < -0.39 is 0 Å². The molecule has 2 unspecified atom stereocenters. The fourth-order valence-electron chi connectivity index (χ4n) is 3.36. The maximum atomic E-state index is 13.1. The summed E-state index contributed by atoms with van der Waals surface area (Å²) in [4.78, 5) is 21.6. The summed E-state index contributed by atoms with van der Waals surface area (Å²) in [5.74, 6) is -0.265. The number of nitrogens with one attached hydrogen (secondary N) is 1. The van der Waals surface area contributed by atoms with Crippen molar-refractivity contribution >= 4 is 5.91 Å². The molecule has 0 saturated carbocycles. The van der Waals surface area contributed by atoms with E-state index in [2.05, 4.69) is 20.1 Å². The van der Waals surface area contributed by atoms with Gasteiger partial charge in [-0.05, 0) is 43.7 Å². The van der Waals surface area contributed by atoms with Crippen LogP contribution in [0.5, 0.6) is 0 Å². The topological polar surface area (TPSA) is 48.5 Å². The van der Waals surface area contributed by atoms with Crippen LogP contribution >= 0.6 is 0 Å². The first-order valence-electron chi connectivity index (χ1n) is 9.45. The molecule has 5 nitrogen and oxygen atoms in total. The molecule has 1 fully saturated rings. The standard InChI is InChI=1S/C21H27FN4O/c1-16(18-6-8-19(22)9-7-18)24-21(27)17(2)26-13-11-25(12-14-26)15-20-5-3-4-10-23-20/h3-10,16-17H,11-15H2,1-2H3,(H,24,27). The molecular formula is C21H27FN4O. The Hall–Kier alpha value is -2.31. The molecule has 1 saturated heterocycles. The quantitative estimate of drug-likeness (QED) is 0.849. The van der Waals surface area contributed by atoms with Crippen LogP contribution in [0.1, 0.15) is 31.1 Å². The molecule has 0 bridgehead atoms. The van der Waals surface area contributed by atoms with Gasteiger partial charge in [0.1, 0.15) is 5.82 Å². The molecule has 0 spiro atoms. The summed E-state index contributed by atoms with van der Waals surface area (Å²) in [7, 11) is 0. The van der Waals surface area contributed by atoms with Crippen molar-refractivity contribution in [2.24, 2.45) is 0 Å². The number of halogens is 1. The lowest BCUT2D eigenvalue weighted by molar-refractivity contribution is -0.127. The van der Waals surface area contributed by atoms with Crippen LogP contribution in [0.4, 0.5) is 4.39 Å². The summed E-state index contributed by atoms with van der Waals surface area (Å²) in [5.41, 5.74) is 1.97. The number of aromatic nitrogens is 1. The molecule has 1 aromatic carbocycles.